The highest BCUT2D eigenvalue weighted by Crippen LogP contribution is 2.39. The van der Waals surface area contributed by atoms with Crippen LogP contribution >= 0.6 is 0 Å². The number of amides is 3. The molecule has 0 spiro atoms. The average molecular weight is 526 g/mol. The number of hydrogen-bond donors (Lipinski definition) is 3. The molecule has 1 saturated carbocycles. The number of rotatable bonds is 7. The minimum absolute atomic E-state index is 0.0894. The van der Waals surface area contributed by atoms with Gasteiger partial charge in [-0.15, -0.1) is 0 Å². The Morgan fingerprint density at radius 3 is 2.71 bits per heavy atom. The van der Waals surface area contributed by atoms with Crippen LogP contribution < -0.4 is 21.0 Å². The quantitative estimate of drug-likeness (QED) is 0.464. The zero-order chi connectivity index (χ0) is 26.9. The smallest absolute Gasteiger partial charge is 0.339 e. The first kappa shape index (κ1) is 26.2. The first-order valence-corrected chi connectivity index (χ1v) is 13.5. The number of carbonyl (C=O) groups is 3. The van der Waals surface area contributed by atoms with E-state index in [2.05, 4.69) is 10.6 Å². The standard InChI is InChI=1S/C28H35N3O7/c1-17-11-21(26-19-6-4-7-20(19)27(35)38-22(26)12-17)37-16-24(33)29-13-23(32)30-14-25(34)31-10-9-28(36)8-3-2-5-18(28)15-31/h11-12,18,36H,2-10,13-16H2,1H3,(H,29,33)(H,30,32)/t18-,28-/m1/s1. The van der Waals surface area contributed by atoms with Gasteiger partial charge >= 0.3 is 5.63 Å². The normalized spacial score (nSPS) is 22.5. The molecule has 2 aromatic rings. The Morgan fingerprint density at radius 1 is 1.08 bits per heavy atom. The van der Waals surface area contributed by atoms with E-state index in [1.165, 1.54) is 0 Å². The van der Waals surface area contributed by atoms with Crippen LogP contribution in [0, 0.1) is 12.8 Å². The Kier molecular flexibility index (Phi) is 7.43. The highest BCUT2D eigenvalue weighted by molar-refractivity contribution is 5.90. The van der Waals surface area contributed by atoms with Gasteiger partial charge in [0.05, 0.1) is 24.1 Å². The number of ether oxygens (including phenoxy) is 1. The molecule has 0 bridgehead atoms. The van der Waals surface area contributed by atoms with Crippen molar-refractivity contribution in [2.24, 2.45) is 5.92 Å². The van der Waals surface area contributed by atoms with Gasteiger partial charge in [-0.2, -0.15) is 0 Å². The van der Waals surface area contributed by atoms with Gasteiger partial charge in [0.15, 0.2) is 6.61 Å². The van der Waals surface area contributed by atoms with Crippen molar-refractivity contribution in [2.75, 3.05) is 32.8 Å². The third-order valence-electron chi connectivity index (χ3n) is 8.20. The second-order valence-corrected chi connectivity index (χ2v) is 10.8. The van der Waals surface area contributed by atoms with E-state index in [4.69, 9.17) is 9.15 Å². The number of fused-ring (bicyclic) bond motifs is 4. The van der Waals surface area contributed by atoms with E-state index in [1.807, 2.05) is 6.92 Å². The number of aliphatic hydroxyl groups is 1. The largest absolute Gasteiger partial charge is 0.483 e. The van der Waals surface area contributed by atoms with Crippen molar-refractivity contribution in [1.29, 1.82) is 0 Å². The fourth-order valence-electron chi connectivity index (χ4n) is 6.14. The lowest BCUT2D eigenvalue weighted by molar-refractivity contribution is -0.143. The van der Waals surface area contributed by atoms with Crippen LogP contribution in [0.3, 0.4) is 0 Å². The van der Waals surface area contributed by atoms with Crippen molar-refractivity contribution in [3.8, 4) is 5.75 Å². The molecule has 0 unspecified atom stereocenters. The fraction of sp³-hybridized carbons (Fsp3) is 0.571. The van der Waals surface area contributed by atoms with Crippen LogP contribution in [-0.2, 0) is 27.2 Å². The molecule has 10 heteroatoms. The molecule has 2 fully saturated rings. The summed E-state index contributed by atoms with van der Waals surface area (Å²) in [6, 6.07) is 3.59. The Morgan fingerprint density at radius 2 is 1.87 bits per heavy atom. The molecular formula is C28H35N3O7. The first-order valence-electron chi connectivity index (χ1n) is 13.5. The van der Waals surface area contributed by atoms with Crippen molar-refractivity contribution in [2.45, 2.75) is 63.9 Å². The van der Waals surface area contributed by atoms with E-state index in [1.54, 1.807) is 17.0 Å². The lowest BCUT2D eigenvalue weighted by atomic mass is 9.71. The Labute approximate surface area is 220 Å². The maximum absolute atomic E-state index is 12.6. The summed E-state index contributed by atoms with van der Waals surface area (Å²) in [4.78, 5) is 51.2. The van der Waals surface area contributed by atoms with Crippen molar-refractivity contribution in [3.63, 3.8) is 0 Å². The number of carbonyl (C=O) groups excluding carboxylic acids is 3. The van der Waals surface area contributed by atoms with Gasteiger partial charge < -0.3 is 29.8 Å². The van der Waals surface area contributed by atoms with Crippen LogP contribution in [0.25, 0.3) is 11.0 Å². The lowest BCUT2D eigenvalue weighted by Crippen LogP contribution is -2.56. The van der Waals surface area contributed by atoms with Crippen LogP contribution in [-0.4, -0.2) is 66.1 Å². The fourth-order valence-corrected chi connectivity index (χ4v) is 6.14. The zero-order valence-electron chi connectivity index (χ0n) is 21.8. The van der Waals surface area contributed by atoms with Gasteiger partial charge in [0.2, 0.25) is 11.8 Å². The molecule has 3 aliphatic rings. The summed E-state index contributed by atoms with van der Waals surface area (Å²) in [5.41, 5.74) is 1.87. The van der Waals surface area contributed by atoms with E-state index < -0.39 is 17.4 Å². The molecule has 2 atom stereocenters. The monoisotopic (exact) mass is 525 g/mol. The predicted molar refractivity (Wildman–Crippen MR) is 139 cm³/mol. The minimum atomic E-state index is -0.664. The van der Waals surface area contributed by atoms with Gasteiger partial charge in [-0.05, 0) is 68.7 Å². The van der Waals surface area contributed by atoms with Crippen molar-refractivity contribution in [3.05, 3.63) is 39.2 Å². The summed E-state index contributed by atoms with van der Waals surface area (Å²) in [7, 11) is 0. The molecule has 1 aromatic heterocycles. The molecule has 38 heavy (non-hydrogen) atoms. The molecule has 3 amide bonds. The summed E-state index contributed by atoms with van der Waals surface area (Å²) in [6.07, 6.45) is 6.64. The predicted octanol–water partition coefficient (Wildman–Crippen LogP) is 1.35. The molecule has 204 valence electrons. The molecule has 2 aliphatic carbocycles. The van der Waals surface area contributed by atoms with E-state index in [0.717, 1.165) is 55.0 Å². The maximum atomic E-state index is 12.6. The number of nitrogens with zero attached hydrogens (tertiary/aromatic N) is 1. The molecule has 3 N–H and O–H groups in total. The molecule has 0 radical (unpaired) electrons. The molecule has 5 rings (SSSR count). The van der Waals surface area contributed by atoms with E-state index >= 15 is 0 Å². The number of piperidine rings is 1. The second kappa shape index (κ2) is 10.8. The summed E-state index contributed by atoms with van der Waals surface area (Å²) >= 11 is 0. The van der Waals surface area contributed by atoms with Gasteiger partial charge in [-0.25, -0.2) is 4.79 Å². The van der Waals surface area contributed by atoms with Crippen molar-refractivity contribution < 1.29 is 28.6 Å². The van der Waals surface area contributed by atoms with Crippen LogP contribution in [0.2, 0.25) is 0 Å². The summed E-state index contributed by atoms with van der Waals surface area (Å²) in [5, 5.41) is 16.6. The average Bonchev–Trinajstić information content (AvgIpc) is 3.39. The summed E-state index contributed by atoms with van der Waals surface area (Å²) < 4.78 is 11.3. The van der Waals surface area contributed by atoms with Gasteiger partial charge in [0.25, 0.3) is 5.91 Å². The van der Waals surface area contributed by atoms with Crippen LogP contribution in [0.15, 0.2) is 21.3 Å². The third-order valence-corrected chi connectivity index (χ3v) is 8.20. The van der Waals surface area contributed by atoms with Crippen LogP contribution in [0.4, 0.5) is 0 Å². The molecule has 1 saturated heterocycles. The maximum Gasteiger partial charge on any atom is 0.339 e. The topological polar surface area (TPSA) is 138 Å². The van der Waals surface area contributed by atoms with Crippen LogP contribution in [0.5, 0.6) is 5.75 Å². The van der Waals surface area contributed by atoms with Gasteiger partial charge in [0.1, 0.15) is 11.3 Å². The number of benzene rings is 1. The minimum Gasteiger partial charge on any atom is -0.483 e. The SMILES string of the molecule is Cc1cc(OCC(=O)NCC(=O)NCC(=O)N2CC[C@]3(O)CCCC[C@@H]3C2)c2c3c(c(=O)oc2c1)CCC3. The van der Waals surface area contributed by atoms with Gasteiger partial charge in [0, 0.05) is 24.6 Å². The molecule has 1 aromatic carbocycles. The van der Waals surface area contributed by atoms with Gasteiger partial charge in [-0.3, -0.25) is 14.4 Å². The van der Waals surface area contributed by atoms with Crippen LogP contribution in [0.1, 0.15) is 55.2 Å². The summed E-state index contributed by atoms with van der Waals surface area (Å²) in [6.45, 7) is 2.11. The highest BCUT2D eigenvalue weighted by Gasteiger charge is 2.43. The number of hydrogen-bond acceptors (Lipinski definition) is 7. The Bertz CT molecular complexity index is 1320. The third kappa shape index (κ3) is 5.41. The lowest BCUT2D eigenvalue weighted by Gasteiger charge is -2.47. The summed E-state index contributed by atoms with van der Waals surface area (Å²) in [5.74, 6) is -0.586. The molecule has 1 aliphatic heterocycles. The zero-order valence-corrected chi connectivity index (χ0v) is 21.8. The first-order chi connectivity index (χ1) is 18.2. The Hall–Kier alpha value is -3.40. The van der Waals surface area contributed by atoms with Gasteiger partial charge in [-0.1, -0.05) is 12.8 Å². The number of nitrogens with one attached hydrogen (secondary N) is 2. The van der Waals surface area contributed by atoms with E-state index in [9.17, 15) is 24.3 Å². The highest BCUT2D eigenvalue weighted by atomic mass is 16.5. The Balaban J connectivity index is 1.09. The molecule has 2 heterocycles. The van der Waals surface area contributed by atoms with Crippen molar-refractivity contribution >= 4 is 28.7 Å². The molecule has 10 nitrogen and oxygen atoms in total. The van der Waals surface area contributed by atoms with E-state index in [-0.39, 0.29) is 37.1 Å². The second-order valence-electron chi connectivity index (χ2n) is 10.8. The number of likely N-dealkylation sites (tertiary alicyclic amines) is 1. The van der Waals surface area contributed by atoms with Crippen molar-refractivity contribution in [1.82, 2.24) is 15.5 Å². The number of aryl methyl sites for hydroxylation is 2. The van der Waals surface area contributed by atoms with E-state index in [0.29, 0.717) is 42.8 Å². The molecular weight excluding hydrogens is 490 g/mol.